The number of hydrogen-bond donors (Lipinski definition) is 3. The van der Waals surface area contributed by atoms with E-state index in [0.29, 0.717) is 19.4 Å². The number of amides is 1. The molecule has 0 fully saturated rings. The van der Waals surface area contributed by atoms with Gasteiger partial charge in [-0.25, -0.2) is 0 Å². The zero-order chi connectivity index (χ0) is 54.3. The van der Waals surface area contributed by atoms with Gasteiger partial charge in [-0.15, -0.1) is 0 Å². The van der Waals surface area contributed by atoms with Crippen molar-refractivity contribution in [2.45, 2.75) is 405 Å². The Morgan fingerprint density at radius 2 is 0.613 bits per heavy atom. The molecule has 0 rings (SSSR count). The van der Waals surface area contributed by atoms with Gasteiger partial charge in [0.1, 0.15) is 0 Å². The number of unbranched alkanes of at least 4 members (excludes halogenated alkanes) is 54. The van der Waals surface area contributed by atoms with Crippen molar-refractivity contribution in [2.24, 2.45) is 0 Å². The average molecular weight is 1060 g/mol. The highest BCUT2D eigenvalue weighted by Gasteiger charge is 2.18. The summed E-state index contributed by atoms with van der Waals surface area (Å²) in [6, 6.07) is -0.624. The summed E-state index contributed by atoms with van der Waals surface area (Å²) in [7, 11) is 0. The number of hydrogen-bond acceptors (Lipinski definition) is 5. The van der Waals surface area contributed by atoms with E-state index in [-0.39, 0.29) is 18.5 Å². The topological polar surface area (TPSA) is 95.9 Å². The normalized spacial score (nSPS) is 12.5. The molecule has 3 N–H and O–H groups in total. The molecule has 1 amide bonds. The van der Waals surface area contributed by atoms with E-state index in [1.165, 1.54) is 327 Å². The SMILES string of the molecule is CCCCCCCCCCCCCC/C=C/C(O)C(CO)NC(=O)CCCCCCCCCCCCCCCCCCCCCCCCCCCCCCCOC(=O)CCCCCCCCCCCCCCCCC. The van der Waals surface area contributed by atoms with E-state index in [1.807, 2.05) is 6.08 Å². The smallest absolute Gasteiger partial charge is 0.305 e. The maximum Gasteiger partial charge on any atom is 0.305 e. The maximum atomic E-state index is 12.5. The fourth-order valence-corrected chi connectivity index (χ4v) is 11.1. The second-order valence-electron chi connectivity index (χ2n) is 23.9. The molecule has 75 heavy (non-hydrogen) atoms. The summed E-state index contributed by atoms with van der Waals surface area (Å²) in [4.78, 5) is 24.5. The van der Waals surface area contributed by atoms with E-state index in [4.69, 9.17) is 4.74 Å². The van der Waals surface area contributed by atoms with Crippen LogP contribution in [0, 0.1) is 0 Å². The van der Waals surface area contributed by atoms with Gasteiger partial charge in [0, 0.05) is 12.8 Å². The highest BCUT2D eigenvalue weighted by molar-refractivity contribution is 5.76. The van der Waals surface area contributed by atoms with Gasteiger partial charge in [-0.05, 0) is 32.1 Å². The van der Waals surface area contributed by atoms with Crippen molar-refractivity contribution in [3.63, 3.8) is 0 Å². The molecule has 0 saturated carbocycles. The van der Waals surface area contributed by atoms with Gasteiger partial charge in [-0.1, -0.05) is 360 Å². The summed E-state index contributed by atoms with van der Waals surface area (Å²) in [5.74, 6) is -0.0392. The minimum Gasteiger partial charge on any atom is -0.466 e. The molecule has 446 valence electrons. The molecule has 0 aliphatic rings. The van der Waals surface area contributed by atoms with E-state index in [2.05, 4.69) is 19.2 Å². The summed E-state index contributed by atoms with van der Waals surface area (Å²) >= 11 is 0. The van der Waals surface area contributed by atoms with Crippen molar-refractivity contribution in [1.82, 2.24) is 5.32 Å². The number of carbonyl (C=O) groups excluding carboxylic acids is 2. The standard InChI is InChI=1S/C69H135NO5/c1-3-5-7-9-11-13-15-17-34-39-43-47-51-55-59-63-69(74)75-64-60-56-52-48-44-40-36-33-31-29-27-25-23-21-19-20-22-24-26-28-30-32-35-38-42-46-50-54-58-62-68(73)70-66(65-71)67(72)61-57-53-49-45-41-37-18-16-14-12-10-8-6-4-2/h57,61,66-67,71-72H,3-56,58-60,62-65H2,1-2H3,(H,70,73)/b61-57+. The van der Waals surface area contributed by atoms with Crippen molar-refractivity contribution in [3.05, 3.63) is 12.2 Å². The molecule has 6 nitrogen and oxygen atoms in total. The Bertz CT molecular complexity index is 1130. The molecule has 0 radical (unpaired) electrons. The average Bonchev–Trinajstić information content (AvgIpc) is 3.41. The van der Waals surface area contributed by atoms with Gasteiger partial charge in [0.05, 0.1) is 25.4 Å². The van der Waals surface area contributed by atoms with Gasteiger partial charge in [0.2, 0.25) is 5.91 Å². The number of ether oxygens (including phenoxy) is 1. The Labute approximate surface area is 469 Å². The molecular formula is C69H135NO5. The second-order valence-corrected chi connectivity index (χ2v) is 23.9. The van der Waals surface area contributed by atoms with Gasteiger partial charge in [0.15, 0.2) is 0 Å². The fourth-order valence-electron chi connectivity index (χ4n) is 11.1. The molecule has 6 heteroatoms. The third-order valence-corrected chi connectivity index (χ3v) is 16.3. The van der Waals surface area contributed by atoms with Crippen LogP contribution in [0.15, 0.2) is 12.2 Å². The quantitative estimate of drug-likeness (QED) is 0.0320. The van der Waals surface area contributed by atoms with Crippen molar-refractivity contribution >= 4 is 11.9 Å². The maximum absolute atomic E-state index is 12.5. The lowest BCUT2D eigenvalue weighted by Crippen LogP contribution is -2.45. The molecule has 0 heterocycles. The number of nitrogens with one attached hydrogen (secondary N) is 1. The van der Waals surface area contributed by atoms with E-state index in [1.54, 1.807) is 6.08 Å². The first-order valence-corrected chi connectivity index (χ1v) is 34.5. The third-order valence-electron chi connectivity index (χ3n) is 16.3. The first-order valence-electron chi connectivity index (χ1n) is 34.5. The van der Waals surface area contributed by atoms with Crippen molar-refractivity contribution in [1.29, 1.82) is 0 Å². The van der Waals surface area contributed by atoms with Crippen LogP contribution >= 0.6 is 0 Å². The third kappa shape index (κ3) is 61.7. The summed E-state index contributed by atoms with van der Waals surface area (Å²) in [5.41, 5.74) is 0. The van der Waals surface area contributed by atoms with Crippen LogP contribution in [0.3, 0.4) is 0 Å². The van der Waals surface area contributed by atoms with Crippen LogP contribution in [-0.2, 0) is 14.3 Å². The first kappa shape index (κ1) is 73.6. The number of aliphatic hydroxyl groups is 2. The lowest BCUT2D eigenvalue weighted by atomic mass is 10.0. The van der Waals surface area contributed by atoms with Gasteiger partial charge < -0.3 is 20.3 Å². The Morgan fingerprint density at radius 3 is 0.907 bits per heavy atom. The van der Waals surface area contributed by atoms with Gasteiger partial charge in [0.25, 0.3) is 0 Å². The summed E-state index contributed by atoms with van der Waals surface area (Å²) < 4.78 is 5.50. The van der Waals surface area contributed by atoms with Gasteiger partial charge in [-0.2, -0.15) is 0 Å². The van der Waals surface area contributed by atoms with E-state index in [9.17, 15) is 19.8 Å². The largest absolute Gasteiger partial charge is 0.466 e. The highest BCUT2D eigenvalue weighted by Crippen LogP contribution is 2.19. The first-order chi connectivity index (χ1) is 37.0. The number of allylic oxidation sites excluding steroid dienone is 1. The molecule has 0 bridgehead atoms. The van der Waals surface area contributed by atoms with Gasteiger partial charge in [-0.3, -0.25) is 9.59 Å². The zero-order valence-electron chi connectivity index (χ0n) is 51.1. The molecule has 0 aromatic heterocycles. The van der Waals surface area contributed by atoms with Crippen LogP contribution in [0.2, 0.25) is 0 Å². The van der Waals surface area contributed by atoms with Crippen LogP contribution in [-0.4, -0.2) is 47.4 Å². The summed E-state index contributed by atoms with van der Waals surface area (Å²) in [6.07, 6.45) is 80.0. The fraction of sp³-hybridized carbons (Fsp3) is 0.942. The molecule has 2 unspecified atom stereocenters. The number of carbonyl (C=O) groups is 2. The molecule has 0 aliphatic heterocycles. The molecule has 0 aromatic rings. The zero-order valence-corrected chi connectivity index (χ0v) is 51.1. The lowest BCUT2D eigenvalue weighted by Gasteiger charge is -2.20. The van der Waals surface area contributed by atoms with Crippen molar-refractivity contribution in [2.75, 3.05) is 13.2 Å². The lowest BCUT2D eigenvalue weighted by molar-refractivity contribution is -0.143. The monoisotopic (exact) mass is 1060 g/mol. The molecule has 2 atom stereocenters. The predicted molar refractivity (Wildman–Crippen MR) is 329 cm³/mol. The van der Waals surface area contributed by atoms with Crippen molar-refractivity contribution in [3.8, 4) is 0 Å². The van der Waals surface area contributed by atoms with E-state index in [0.717, 1.165) is 38.5 Å². The minimum absolute atomic E-state index is 0.0228. The highest BCUT2D eigenvalue weighted by atomic mass is 16.5. The number of rotatable bonds is 65. The van der Waals surface area contributed by atoms with Crippen LogP contribution in [0.5, 0.6) is 0 Å². The minimum atomic E-state index is -0.840. The predicted octanol–water partition coefficient (Wildman–Crippen LogP) is 22.0. The van der Waals surface area contributed by atoms with Crippen LogP contribution in [0.4, 0.5) is 0 Å². The molecule has 0 aromatic carbocycles. The van der Waals surface area contributed by atoms with Crippen LogP contribution in [0.1, 0.15) is 393 Å². The van der Waals surface area contributed by atoms with Crippen molar-refractivity contribution < 1.29 is 24.5 Å². The Balaban J connectivity index is 3.33. The molecular weight excluding hydrogens is 923 g/mol. The number of aliphatic hydroxyl groups excluding tert-OH is 2. The van der Waals surface area contributed by atoms with Crippen LogP contribution < -0.4 is 5.32 Å². The van der Waals surface area contributed by atoms with E-state index < -0.39 is 12.1 Å². The Morgan fingerprint density at radius 1 is 0.360 bits per heavy atom. The molecule has 0 aliphatic carbocycles. The van der Waals surface area contributed by atoms with E-state index >= 15 is 0 Å². The molecule has 0 spiro atoms. The number of esters is 1. The Hall–Kier alpha value is -1.40. The second kappa shape index (κ2) is 65.1. The Kier molecular flexibility index (Phi) is 63.9. The summed E-state index contributed by atoms with van der Waals surface area (Å²) in [5, 5.41) is 23.1. The van der Waals surface area contributed by atoms with Gasteiger partial charge >= 0.3 is 5.97 Å². The van der Waals surface area contributed by atoms with Crippen LogP contribution in [0.25, 0.3) is 0 Å². The molecule has 0 saturated heterocycles. The summed E-state index contributed by atoms with van der Waals surface area (Å²) in [6.45, 7) is 4.94.